The first kappa shape index (κ1) is 27.7. The van der Waals surface area contributed by atoms with Crippen molar-refractivity contribution in [3.8, 4) is 11.5 Å². The summed E-state index contributed by atoms with van der Waals surface area (Å²) >= 11 is 0. The van der Waals surface area contributed by atoms with Crippen LogP contribution in [0.2, 0.25) is 0 Å². The second kappa shape index (κ2) is 11.7. The van der Waals surface area contributed by atoms with Crippen LogP contribution < -0.4 is 20.1 Å². The molecule has 40 heavy (non-hydrogen) atoms. The van der Waals surface area contributed by atoms with Gasteiger partial charge in [0.2, 0.25) is 24.5 Å². The molecule has 0 aromatic heterocycles. The molecule has 2 fully saturated rings. The minimum atomic E-state index is -4.55. The average Bonchev–Trinajstić information content (AvgIpc) is 3.38. The van der Waals surface area contributed by atoms with Crippen LogP contribution in [0.4, 0.5) is 18.9 Å². The lowest BCUT2D eigenvalue weighted by molar-refractivity contribution is -0.145. The molecule has 0 bridgehead atoms. The smallest absolute Gasteiger partial charge is 0.416 e. The van der Waals surface area contributed by atoms with Gasteiger partial charge in [-0.05, 0) is 35.9 Å². The maximum Gasteiger partial charge on any atom is 0.416 e. The minimum absolute atomic E-state index is 0.0347. The fourth-order valence-electron chi connectivity index (χ4n) is 5.06. The predicted molar refractivity (Wildman–Crippen MR) is 137 cm³/mol. The van der Waals surface area contributed by atoms with Crippen molar-refractivity contribution in [2.24, 2.45) is 0 Å². The molecular weight excluding hydrogens is 531 g/mol. The number of fused-ring (bicyclic) bond motifs is 1. The molecule has 2 N–H and O–H groups in total. The molecule has 214 valence electrons. The molecule has 3 aliphatic rings. The number of anilines is 1. The topological polar surface area (TPSA) is 103 Å². The highest BCUT2D eigenvalue weighted by Gasteiger charge is 2.36. The first-order valence-corrected chi connectivity index (χ1v) is 13.0. The zero-order valence-corrected chi connectivity index (χ0v) is 21.7. The number of halogens is 3. The minimum Gasteiger partial charge on any atom is -0.454 e. The van der Waals surface area contributed by atoms with Gasteiger partial charge in [0.25, 0.3) is 0 Å². The van der Waals surface area contributed by atoms with Gasteiger partial charge in [-0.3, -0.25) is 24.2 Å². The maximum absolute atomic E-state index is 13.2. The standard InChI is InChI=1S/C27H30F3N5O5/c28-27(29,30)19-2-1-3-20(13-19)32-24(36)14-21-26(38)31-6-7-35(21)25(37)16-34-10-8-33(9-11-34)15-18-4-5-22-23(12-18)40-17-39-22/h1-5,12-13,21H,6-11,14-17H2,(H,31,38)(H,32,36)/t21-/m1/s1. The van der Waals surface area contributed by atoms with Gasteiger partial charge in [-0.1, -0.05) is 12.1 Å². The van der Waals surface area contributed by atoms with Crippen LogP contribution in [0.15, 0.2) is 42.5 Å². The lowest BCUT2D eigenvalue weighted by Gasteiger charge is -2.38. The fourth-order valence-corrected chi connectivity index (χ4v) is 5.06. The third-order valence-corrected chi connectivity index (χ3v) is 7.17. The Morgan fingerprint density at radius 1 is 0.975 bits per heavy atom. The van der Waals surface area contributed by atoms with Crippen molar-refractivity contribution in [1.29, 1.82) is 0 Å². The molecule has 0 saturated carbocycles. The number of rotatable bonds is 7. The summed E-state index contributed by atoms with van der Waals surface area (Å²) in [6.45, 7) is 4.43. The molecule has 0 aliphatic carbocycles. The van der Waals surface area contributed by atoms with E-state index in [9.17, 15) is 27.6 Å². The van der Waals surface area contributed by atoms with Gasteiger partial charge in [0.05, 0.1) is 18.5 Å². The largest absolute Gasteiger partial charge is 0.454 e. The number of benzene rings is 2. The number of hydrogen-bond acceptors (Lipinski definition) is 7. The van der Waals surface area contributed by atoms with E-state index < -0.39 is 29.6 Å². The molecule has 3 heterocycles. The number of nitrogens with zero attached hydrogens (tertiary/aromatic N) is 3. The van der Waals surface area contributed by atoms with E-state index in [4.69, 9.17) is 9.47 Å². The van der Waals surface area contributed by atoms with Crippen molar-refractivity contribution < 1.29 is 37.0 Å². The van der Waals surface area contributed by atoms with Crippen LogP contribution in [0.1, 0.15) is 17.5 Å². The fraction of sp³-hybridized carbons (Fsp3) is 0.444. The van der Waals surface area contributed by atoms with Crippen LogP contribution in [0.3, 0.4) is 0 Å². The Morgan fingerprint density at radius 3 is 2.50 bits per heavy atom. The predicted octanol–water partition coefficient (Wildman–Crippen LogP) is 1.91. The lowest BCUT2D eigenvalue weighted by Crippen LogP contribution is -2.60. The number of alkyl halides is 3. The summed E-state index contributed by atoms with van der Waals surface area (Å²) < 4.78 is 49.8. The number of carbonyl (C=O) groups is 3. The van der Waals surface area contributed by atoms with E-state index in [1.54, 1.807) is 0 Å². The number of ether oxygens (including phenoxy) is 2. The molecule has 3 amide bonds. The number of hydrogen-bond donors (Lipinski definition) is 2. The van der Waals surface area contributed by atoms with Gasteiger partial charge in [0.1, 0.15) is 6.04 Å². The molecule has 0 radical (unpaired) electrons. The van der Waals surface area contributed by atoms with E-state index in [2.05, 4.69) is 15.5 Å². The highest BCUT2D eigenvalue weighted by molar-refractivity contribution is 5.97. The van der Waals surface area contributed by atoms with E-state index in [0.717, 1.165) is 48.8 Å². The van der Waals surface area contributed by atoms with Crippen molar-refractivity contribution >= 4 is 23.4 Å². The number of carbonyl (C=O) groups excluding carboxylic acids is 3. The molecular formula is C27H30F3N5O5. The van der Waals surface area contributed by atoms with E-state index in [1.807, 2.05) is 23.1 Å². The normalized spacial score (nSPS) is 19.8. The first-order chi connectivity index (χ1) is 19.2. The van der Waals surface area contributed by atoms with Gasteiger partial charge in [0, 0.05) is 51.5 Å². The Bertz CT molecular complexity index is 1270. The van der Waals surface area contributed by atoms with Gasteiger partial charge >= 0.3 is 6.18 Å². The van der Waals surface area contributed by atoms with E-state index in [1.165, 1.54) is 17.0 Å². The Hall–Kier alpha value is -3.84. The van der Waals surface area contributed by atoms with Crippen molar-refractivity contribution in [2.75, 3.05) is 57.9 Å². The Kier molecular flexibility index (Phi) is 8.12. The SMILES string of the molecule is O=C(C[C@@H]1C(=O)NCCN1C(=O)CN1CCN(Cc2ccc3c(c2)OCO3)CC1)Nc1cccc(C(F)(F)F)c1. The monoisotopic (exact) mass is 561 g/mol. The summed E-state index contributed by atoms with van der Waals surface area (Å²) in [6, 6.07) is 9.10. The first-order valence-electron chi connectivity index (χ1n) is 13.0. The molecule has 3 aliphatic heterocycles. The number of amides is 3. The zero-order chi connectivity index (χ0) is 28.3. The Morgan fingerprint density at radius 2 is 1.73 bits per heavy atom. The quantitative estimate of drug-likeness (QED) is 0.533. The maximum atomic E-state index is 13.2. The number of nitrogens with one attached hydrogen (secondary N) is 2. The molecule has 0 unspecified atom stereocenters. The summed E-state index contributed by atoms with van der Waals surface area (Å²) in [7, 11) is 0. The highest BCUT2D eigenvalue weighted by Crippen LogP contribution is 2.33. The molecule has 0 spiro atoms. The van der Waals surface area contributed by atoms with Crippen LogP contribution in [0.5, 0.6) is 11.5 Å². The molecule has 2 saturated heterocycles. The molecule has 13 heteroatoms. The zero-order valence-electron chi connectivity index (χ0n) is 21.7. The van der Waals surface area contributed by atoms with Gasteiger partial charge in [-0.25, -0.2) is 0 Å². The second-order valence-corrected chi connectivity index (χ2v) is 9.96. The van der Waals surface area contributed by atoms with E-state index in [-0.39, 0.29) is 44.4 Å². The Labute approximate surface area is 229 Å². The summed E-state index contributed by atoms with van der Waals surface area (Å²) in [5.74, 6) is 0.0925. The van der Waals surface area contributed by atoms with Crippen LogP contribution in [-0.2, 0) is 27.1 Å². The molecule has 10 nitrogen and oxygen atoms in total. The molecule has 5 rings (SSSR count). The highest BCUT2D eigenvalue weighted by atomic mass is 19.4. The van der Waals surface area contributed by atoms with Crippen LogP contribution in [0, 0.1) is 0 Å². The number of piperazine rings is 2. The van der Waals surface area contributed by atoms with Crippen LogP contribution in [0.25, 0.3) is 0 Å². The molecule has 2 aromatic rings. The van der Waals surface area contributed by atoms with Crippen molar-refractivity contribution in [3.63, 3.8) is 0 Å². The van der Waals surface area contributed by atoms with E-state index in [0.29, 0.717) is 13.1 Å². The summed E-state index contributed by atoms with van der Waals surface area (Å²) in [5, 5.41) is 5.08. The van der Waals surface area contributed by atoms with Gasteiger partial charge < -0.3 is 25.0 Å². The summed E-state index contributed by atoms with van der Waals surface area (Å²) in [6.07, 6.45) is -4.91. The van der Waals surface area contributed by atoms with Crippen molar-refractivity contribution in [1.82, 2.24) is 20.0 Å². The summed E-state index contributed by atoms with van der Waals surface area (Å²) in [4.78, 5) is 44.1. The second-order valence-electron chi connectivity index (χ2n) is 9.96. The lowest BCUT2D eigenvalue weighted by atomic mass is 10.1. The van der Waals surface area contributed by atoms with Crippen molar-refractivity contribution in [2.45, 2.75) is 25.2 Å². The van der Waals surface area contributed by atoms with Crippen LogP contribution >= 0.6 is 0 Å². The van der Waals surface area contributed by atoms with Gasteiger partial charge in [-0.15, -0.1) is 0 Å². The van der Waals surface area contributed by atoms with Crippen LogP contribution in [-0.4, -0.2) is 91.1 Å². The average molecular weight is 562 g/mol. The van der Waals surface area contributed by atoms with Gasteiger partial charge in [-0.2, -0.15) is 13.2 Å². The van der Waals surface area contributed by atoms with E-state index >= 15 is 0 Å². The third-order valence-electron chi connectivity index (χ3n) is 7.17. The van der Waals surface area contributed by atoms with Crippen molar-refractivity contribution in [3.05, 3.63) is 53.6 Å². The summed E-state index contributed by atoms with van der Waals surface area (Å²) in [5.41, 5.74) is 0.181. The van der Waals surface area contributed by atoms with Gasteiger partial charge in [0.15, 0.2) is 11.5 Å². The molecule has 2 aromatic carbocycles. The third kappa shape index (κ3) is 6.65. The Balaban J connectivity index is 1.13. The molecule has 1 atom stereocenters.